The van der Waals surface area contributed by atoms with Gasteiger partial charge in [0, 0.05) is 30.1 Å². The van der Waals surface area contributed by atoms with Crippen molar-refractivity contribution in [3.8, 4) is 11.5 Å². The van der Waals surface area contributed by atoms with Gasteiger partial charge in [-0.25, -0.2) is 8.42 Å². The topological polar surface area (TPSA) is 105 Å². The van der Waals surface area contributed by atoms with Crippen LogP contribution in [0.25, 0.3) is 0 Å². The number of anilines is 1. The lowest BCUT2D eigenvalue weighted by Gasteiger charge is -2.34. The van der Waals surface area contributed by atoms with Crippen molar-refractivity contribution < 1.29 is 27.5 Å². The van der Waals surface area contributed by atoms with E-state index in [1.165, 1.54) is 37.3 Å². The highest BCUT2D eigenvalue weighted by molar-refractivity contribution is 7.92. The summed E-state index contributed by atoms with van der Waals surface area (Å²) in [5.41, 5.74) is 2.74. The first-order valence-corrected chi connectivity index (χ1v) is 17.5. The van der Waals surface area contributed by atoms with Gasteiger partial charge in [-0.1, -0.05) is 78.7 Å². The number of nitrogens with zero attached hydrogens (tertiary/aromatic N) is 2. The molecule has 0 heterocycles. The molecule has 0 saturated carbocycles. The molecule has 0 aliphatic carbocycles. The predicted octanol–water partition coefficient (Wildman–Crippen LogP) is 6.42. The number of ether oxygens (including phenoxy) is 2. The molecule has 0 aliphatic rings. The van der Waals surface area contributed by atoms with Gasteiger partial charge in [0.05, 0.1) is 24.8 Å². The van der Waals surface area contributed by atoms with Gasteiger partial charge in [0.15, 0.2) is 11.5 Å². The van der Waals surface area contributed by atoms with Gasteiger partial charge >= 0.3 is 0 Å². The highest BCUT2D eigenvalue weighted by Gasteiger charge is 2.35. The largest absolute Gasteiger partial charge is 0.493 e. The molecule has 48 heavy (non-hydrogen) atoms. The highest BCUT2D eigenvalue weighted by atomic mass is 35.5. The SMILES string of the molecule is CC[C@@H](C)NC(=O)[C@H](Cc1ccccc1)N(Cc1cccc(Cl)c1)C(=O)CN(c1ccc(C)cc1)S(=O)(=O)c1ccc(OC)c(OC)c1. The monoisotopic (exact) mass is 691 g/mol. The number of rotatable bonds is 15. The van der Waals surface area contributed by atoms with Crippen LogP contribution < -0.4 is 19.1 Å². The Labute approximate surface area is 288 Å². The van der Waals surface area contributed by atoms with Gasteiger partial charge in [-0.15, -0.1) is 0 Å². The summed E-state index contributed by atoms with van der Waals surface area (Å²) in [6, 6.07) is 26.5. The molecule has 0 aromatic heterocycles. The Morgan fingerprint density at radius 2 is 1.52 bits per heavy atom. The van der Waals surface area contributed by atoms with Gasteiger partial charge in [0.2, 0.25) is 11.8 Å². The first-order valence-electron chi connectivity index (χ1n) is 15.7. The number of amides is 2. The van der Waals surface area contributed by atoms with E-state index in [0.29, 0.717) is 22.8 Å². The fraction of sp³-hybridized carbons (Fsp3) is 0.297. The third kappa shape index (κ3) is 9.08. The molecule has 4 aromatic rings. The lowest BCUT2D eigenvalue weighted by atomic mass is 10.0. The van der Waals surface area contributed by atoms with E-state index in [1.807, 2.05) is 57.2 Å². The fourth-order valence-electron chi connectivity index (χ4n) is 5.17. The average Bonchev–Trinajstić information content (AvgIpc) is 3.09. The molecular formula is C37H42ClN3O6S. The Hall–Kier alpha value is -4.54. The molecule has 4 rings (SSSR count). The molecule has 254 valence electrons. The van der Waals surface area contributed by atoms with Crippen LogP contribution in [0.1, 0.15) is 37.0 Å². The summed E-state index contributed by atoms with van der Waals surface area (Å²) in [7, 11) is -1.46. The Morgan fingerprint density at radius 1 is 0.854 bits per heavy atom. The fourth-order valence-corrected chi connectivity index (χ4v) is 6.81. The molecule has 2 atom stereocenters. The van der Waals surface area contributed by atoms with Crippen LogP contribution in [0, 0.1) is 6.92 Å². The molecule has 0 radical (unpaired) electrons. The minimum atomic E-state index is -4.33. The predicted molar refractivity (Wildman–Crippen MR) is 189 cm³/mol. The summed E-state index contributed by atoms with van der Waals surface area (Å²) < 4.78 is 40.5. The van der Waals surface area contributed by atoms with E-state index in [4.69, 9.17) is 21.1 Å². The van der Waals surface area contributed by atoms with Crippen LogP contribution in [-0.4, -0.2) is 58.0 Å². The van der Waals surface area contributed by atoms with Crippen molar-refractivity contribution >= 4 is 39.1 Å². The molecule has 2 amide bonds. The third-order valence-corrected chi connectivity index (χ3v) is 10.1. The number of aryl methyl sites for hydroxylation is 1. The quantitative estimate of drug-likeness (QED) is 0.154. The van der Waals surface area contributed by atoms with Gasteiger partial charge in [0.25, 0.3) is 10.0 Å². The van der Waals surface area contributed by atoms with Crippen LogP contribution in [0.3, 0.4) is 0 Å². The molecule has 0 aliphatic heterocycles. The van der Waals surface area contributed by atoms with Gasteiger partial charge in [0.1, 0.15) is 12.6 Å². The summed E-state index contributed by atoms with van der Waals surface area (Å²) in [6.07, 6.45) is 0.902. The molecule has 0 saturated heterocycles. The molecule has 11 heteroatoms. The molecular weight excluding hydrogens is 650 g/mol. The second-order valence-electron chi connectivity index (χ2n) is 11.5. The number of sulfonamides is 1. The van der Waals surface area contributed by atoms with E-state index in [1.54, 1.807) is 42.5 Å². The van der Waals surface area contributed by atoms with Gasteiger partial charge in [-0.05, 0) is 67.8 Å². The van der Waals surface area contributed by atoms with Crippen molar-refractivity contribution in [2.45, 2.75) is 57.1 Å². The Balaban J connectivity index is 1.83. The minimum Gasteiger partial charge on any atom is -0.493 e. The number of hydrogen-bond acceptors (Lipinski definition) is 6. The van der Waals surface area contributed by atoms with E-state index in [2.05, 4.69) is 5.32 Å². The normalized spacial score (nSPS) is 12.5. The zero-order chi connectivity index (χ0) is 34.8. The van der Waals surface area contributed by atoms with E-state index in [-0.39, 0.29) is 41.2 Å². The molecule has 0 unspecified atom stereocenters. The maximum absolute atomic E-state index is 14.6. The highest BCUT2D eigenvalue weighted by Crippen LogP contribution is 2.32. The molecule has 0 bridgehead atoms. The number of carbonyl (C=O) groups excluding carboxylic acids is 2. The van der Waals surface area contributed by atoms with Crippen molar-refractivity contribution in [3.63, 3.8) is 0 Å². The van der Waals surface area contributed by atoms with Crippen LogP contribution in [0.15, 0.2) is 102 Å². The summed E-state index contributed by atoms with van der Waals surface area (Å²) >= 11 is 6.33. The van der Waals surface area contributed by atoms with Gasteiger partial charge in [-0.3, -0.25) is 13.9 Å². The maximum Gasteiger partial charge on any atom is 0.264 e. The van der Waals surface area contributed by atoms with E-state index in [0.717, 1.165) is 15.4 Å². The van der Waals surface area contributed by atoms with Crippen LogP contribution >= 0.6 is 11.6 Å². The van der Waals surface area contributed by atoms with Crippen molar-refractivity contribution in [3.05, 3.63) is 119 Å². The van der Waals surface area contributed by atoms with Crippen LogP contribution in [0.5, 0.6) is 11.5 Å². The first kappa shape index (κ1) is 36.3. The van der Waals surface area contributed by atoms with Crippen molar-refractivity contribution in [2.75, 3.05) is 25.1 Å². The molecule has 1 N–H and O–H groups in total. The van der Waals surface area contributed by atoms with E-state index >= 15 is 0 Å². The van der Waals surface area contributed by atoms with Gasteiger partial charge in [-0.2, -0.15) is 0 Å². The minimum absolute atomic E-state index is 0.0168. The number of benzene rings is 4. The molecule has 0 fully saturated rings. The Morgan fingerprint density at radius 3 is 2.15 bits per heavy atom. The lowest BCUT2D eigenvalue weighted by Crippen LogP contribution is -2.54. The summed E-state index contributed by atoms with van der Waals surface area (Å²) in [5.74, 6) is -0.327. The van der Waals surface area contributed by atoms with Crippen molar-refractivity contribution in [1.29, 1.82) is 0 Å². The Bertz CT molecular complexity index is 1800. The summed E-state index contributed by atoms with van der Waals surface area (Å²) in [6.45, 7) is 5.18. The zero-order valence-electron chi connectivity index (χ0n) is 27.9. The second-order valence-corrected chi connectivity index (χ2v) is 13.8. The summed E-state index contributed by atoms with van der Waals surface area (Å²) in [4.78, 5) is 30.0. The maximum atomic E-state index is 14.6. The van der Waals surface area contributed by atoms with E-state index < -0.39 is 28.5 Å². The Kier molecular flexibility index (Phi) is 12.5. The average molecular weight is 692 g/mol. The number of hydrogen-bond donors (Lipinski definition) is 1. The zero-order valence-corrected chi connectivity index (χ0v) is 29.4. The standard InChI is InChI=1S/C37H42ClN3O6S/c1-6-27(3)39-37(43)33(22-28-11-8-7-9-12-28)40(24-29-13-10-14-30(38)21-29)36(42)25-41(31-17-15-26(2)16-18-31)48(44,45)32-19-20-34(46-4)35(23-32)47-5/h7-21,23,27,33H,6,22,24-25H2,1-5H3,(H,39,43)/t27-,33+/m1/s1. The molecule has 4 aromatic carbocycles. The number of halogens is 1. The second kappa shape index (κ2) is 16.5. The number of nitrogens with one attached hydrogen (secondary N) is 1. The lowest BCUT2D eigenvalue weighted by molar-refractivity contribution is -0.140. The van der Waals surface area contributed by atoms with Crippen LogP contribution in [0.4, 0.5) is 5.69 Å². The third-order valence-electron chi connectivity index (χ3n) is 8.06. The smallest absolute Gasteiger partial charge is 0.264 e. The number of carbonyl (C=O) groups is 2. The van der Waals surface area contributed by atoms with Crippen molar-refractivity contribution in [2.24, 2.45) is 0 Å². The van der Waals surface area contributed by atoms with E-state index in [9.17, 15) is 18.0 Å². The van der Waals surface area contributed by atoms with Crippen molar-refractivity contribution in [1.82, 2.24) is 10.2 Å². The van der Waals surface area contributed by atoms with Crippen LogP contribution in [0.2, 0.25) is 5.02 Å². The first-order chi connectivity index (χ1) is 23.0. The molecule has 0 spiro atoms. The van der Waals surface area contributed by atoms with Crippen LogP contribution in [-0.2, 0) is 32.6 Å². The summed E-state index contributed by atoms with van der Waals surface area (Å²) in [5, 5.41) is 3.51. The van der Waals surface area contributed by atoms with Gasteiger partial charge < -0.3 is 19.7 Å². The number of methoxy groups -OCH3 is 2. The molecule has 9 nitrogen and oxygen atoms in total.